The number of imidazole rings is 1. The van der Waals surface area contributed by atoms with Gasteiger partial charge in [-0.2, -0.15) is 0 Å². The standard InChI is InChI=1S/C20H24N6O4/c1-3-4-5-6-15-11-25(23-22-15)16-7-9-17(10-8-16)29-14-20(2)13-24-12-18(26(27)28)21-19(24)30-20/h7-12H,3-6,13-14H2,1-2H3/t20-/m1/s1. The predicted molar refractivity (Wildman–Crippen MR) is 108 cm³/mol. The number of aromatic nitrogens is 5. The highest BCUT2D eigenvalue weighted by Gasteiger charge is 2.41. The maximum absolute atomic E-state index is 10.8. The highest BCUT2D eigenvalue weighted by atomic mass is 16.6. The number of unbranched alkanes of at least 4 members (excludes halogenated alkanes) is 2. The summed E-state index contributed by atoms with van der Waals surface area (Å²) >= 11 is 0. The first-order valence-corrected chi connectivity index (χ1v) is 10.0. The van der Waals surface area contributed by atoms with Gasteiger partial charge in [-0.15, -0.1) is 5.10 Å². The monoisotopic (exact) mass is 412 g/mol. The van der Waals surface area contributed by atoms with Crippen molar-refractivity contribution in [1.29, 1.82) is 0 Å². The van der Waals surface area contributed by atoms with E-state index in [9.17, 15) is 10.1 Å². The van der Waals surface area contributed by atoms with Crippen LogP contribution in [0.3, 0.4) is 0 Å². The number of benzene rings is 1. The fourth-order valence-electron chi connectivity index (χ4n) is 3.38. The molecule has 4 rings (SSSR count). The minimum absolute atomic E-state index is 0.217. The summed E-state index contributed by atoms with van der Waals surface area (Å²) in [6, 6.07) is 7.83. The Balaban J connectivity index is 1.33. The molecule has 1 aliphatic heterocycles. The van der Waals surface area contributed by atoms with Crippen LogP contribution in [-0.4, -0.2) is 41.7 Å². The van der Waals surface area contributed by atoms with E-state index in [1.54, 1.807) is 9.25 Å². The molecule has 0 saturated carbocycles. The number of nitro groups is 1. The molecule has 0 saturated heterocycles. The summed E-state index contributed by atoms with van der Waals surface area (Å²) in [6.45, 7) is 4.78. The Kier molecular flexibility index (Phi) is 5.39. The second kappa shape index (κ2) is 8.13. The van der Waals surface area contributed by atoms with Crippen molar-refractivity contribution in [2.45, 2.75) is 51.7 Å². The molecule has 3 heterocycles. The molecule has 10 nitrogen and oxygen atoms in total. The van der Waals surface area contributed by atoms with Gasteiger partial charge >= 0.3 is 11.8 Å². The number of hydrogen-bond donors (Lipinski definition) is 0. The van der Waals surface area contributed by atoms with Crippen molar-refractivity contribution in [2.75, 3.05) is 6.61 Å². The minimum atomic E-state index is -0.643. The van der Waals surface area contributed by atoms with E-state index in [0.717, 1.165) is 24.2 Å². The van der Waals surface area contributed by atoms with Crippen LogP contribution in [0.4, 0.5) is 5.82 Å². The van der Waals surface area contributed by atoms with E-state index < -0.39 is 10.5 Å². The molecular weight excluding hydrogens is 388 g/mol. The first kappa shape index (κ1) is 19.9. The van der Waals surface area contributed by atoms with Gasteiger partial charge in [-0.25, -0.2) is 4.68 Å². The van der Waals surface area contributed by atoms with Crippen LogP contribution in [-0.2, 0) is 13.0 Å². The van der Waals surface area contributed by atoms with Gasteiger partial charge in [0.25, 0.3) is 0 Å². The normalized spacial score (nSPS) is 17.5. The summed E-state index contributed by atoms with van der Waals surface area (Å²) in [7, 11) is 0. The van der Waals surface area contributed by atoms with Crippen molar-refractivity contribution in [3.63, 3.8) is 0 Å². The largest absolute Gasteiger partial charge is 0.489 e. The number of nitrogens with zero attached hydrogens (tertiary/aromatic N) is 6. The molecule has 0 radical (unpaired) electrons. The topological polar surface area (TPSA) is 110 Å². The number of aryl methyl sites for hydroxylation is 1. The van der Waals surface area contributed by atoms with Crippen molar-refractivity contribution in [3.05, 3.63) is 52.5 Å². The van der Waals surface area contributed by atoms with Crippen molar-refractivity contribution in [2.24, 2.45) is 0 Å². The van der Waals surface area contributed by atoms with Crippen LogP contribution in [0.2, 0.25) is 0 Å². The van der Waals surface area contributed by atoms with Crippen LogP contribution < -0.4 is 9.47 Å². The molecule has 0 unspecified atom stereocenters. The van der Waals surface area contributed by atoms with E-state index >= 15 is 0 Å². The molecule has 1 aromatic carbocycles. The smallest absolute Gasteiger partial charge is 0.415 e. The van der Waals surface area contributed by atoms with Gasteiger partial charge in [0.1, 0.15) is 18.6 Å². The molecular formula is C20H24N6O4. The fourth-order valence-corrected chi connectivity index (χ4v) is 3.38. The van der Waals surface area contributed by atoms with Crippen LogP contribution in [0.15, 0.2) is 36.7 Å². The molecule has 3 aromatic rings. The Morgan fingerprint density at radius 2 is 2.07 bits per heavy atom. The molecule has 0 spiro atoms. The highest BCUT2D eigenvalue weighted by molar-refractivity contribution is 5.36. The van der Waals surface area contributed by atoms with Gasteiger partial charge in [-0.1, -0.05) is 25.0 Å². The molecule has 1 aliphatic rings. The third-order valence-electron chi connectivity index (χ3n) is 4.98. The van der Waals surface area contributed by atoms with Crippen molar-refractivity contribution >= 4 is 5.82 Å². The lowest BCUT2D eigenvalue weighted by Crippen LogP contribution is -2.38. The molecule has 30 heavy (non-hydrogen) atoms. The predicted octanol–water partition coefficient (Wildman–Crippen LogP) is 3.33. The SMILES string of the molecule is CCCCCc1cn(-c2ccc(OC[C@@]3(C)Cn4cc([N+](=O)[O-])nc4O3)cc2)nn1. The summed E-state index contributed by atoms with van der Waals surface area (Å²) in [4.78, 5) is 14.2. The van der Waals surface area contributed by atoms with Gasteiger partial charge in [-0.3, -0.25) is 4.57 Å². The summed E-state index contributed by atoms with van der Waals surface area (Å²) in [5.41, 5.74) is 1.26. The van der Waals surface area contributed by atoms with Gasteiger partial charge in [0.2, 0.25) is 0 Å². The van der Waals surface area contributed by atoms with E-state index in [0.29, 0.717) is 12.3 Å². The Morgan fingerprint density at radius 1 is 1.27 bits per heavy atom. The van der Waals surface area contributed by atoms with Crippen LogP contribution in [0, 0.1) is 10.1 Å². The minimum Gasteiger partial charge on any atom is -0.489 e. The molecule has 0 amide bonds. The van der Waals surface area contributed by atoms with Crippen LogP contribution in [0.1, 0.15) is 38.8 Å². The lowest BCUT2D eigenvalue weighted by atomic mass is 10.1. The second-order valence-corrected chi connectivity index (χ2v) is 7.71. The first-order chi connectivity index (χ1) is 14.5. The molecule has 0 N–H and O–H groups in total. The number of hydrogen-bond acceptors (Lipinski definition) is 7. The maximum Gasteiger partial charge on any atom is 0.415 e. The van der Waals surface area contributed by atoms with Crippen LogP contribution in [0.5, 0.6) is 11.8 Å². The summed E-state index contributed by atoms with van der Waals surface area (Å²) in [6.07, 6.45) is 7.77. The third-order valence-corrected chi connectivity index (χ3v) is 4.98. The van der Waals surface area contributed by atoms with Crippen molar-refractivity contribution in [3.8, 4) is 17.4 Å². The summed E-state index contributed by atoms with van der Waals surface area (Å²) < 4.78 is 15.1. The number of rotatable bonds is 9. The van der Waals surface area contributed by atoms with E-state index in [1.165, 1.54) is 19.0 Å². The van der Waals surface area contributed by atoms with Crippen molar-refractivity contribution in [1.82, 2.24) is 24.5 Å². The molecule has 1 atom stereocenters. The third kappa shape index (κ3) is 4.27. The zero-order valence-electron chi connectivity index (χ0n) is 17.0. The number of ether oxygens (including phenoxy) is 2. The Morgan fingerprint density at radius 3 is 2.77 bits per heavy atom. The van der Waals surface area contributed by atoms with Crippen LogP contribution >= 0.6 is 0 Å². The van der Waals surface area contributed by atoms with Crippen molar-refractivity contribution < 1.29 is 14.4 Å². The zero-order valence-corrected chi connectivity index (χ0v) is 17.0. The highest BCUT2D eigenvalue weighted by Crippen LogP contribution is 2.31. The second-order valence-electron chi connectivity index (χ2n) is 7.71. The van der Waals surface area contributed by atoms with Gasteiger partial charge in [0.05, 0.1) is 24.1 Å². The maximum atomic E-state index is 10.8. The van der Waals surface area contributed by atoms with Crippen LogP contribution in [0.25, 0.3) is 5.69 Å². The quantitative estimate of drug-likeness (QED) is 0.301. The zero-order chi connectivity index (χ0) is 21.1. The van der Waals surface area contributed by atoms with Gasteiger partial charge in [0.15, 0.2) is 5.60 Å². The first-order valence-electron chi connectivity index (χ1n) is 10.0. The lowest BCUT2D eigenvalue weighted by molar-refractivity contribution is -0.389. The molecule has 158 valence electrons. The van der Waals surface area contributed by atoms with Gasteiger partial charge in [-0.05, 0) is 49.0 Å². The van der Waals surface area contributed by atoms with Gasteiger partial charge in [0, 0.05) is 4.98 Å². The van der Waals surface area contributed by atoms with E-state index in [2.05, 4.69) is 22.2 Å². The van der Waals surface area contributed by atoms with E-state index in [1.807, 2.05) is 37.4 Å². The fraction of sp³-hybridized carbons (Fsp3) is 0.450. The molecule has 0 bridgehead atoms. The molecule has 0 aliphatic carbocycles. The van der Waals surface area contributed by atoms with E-state index in [4.69, 9.17) is 9.47 Å². The number of fused-ring (bicyclic) bond motifs is 1. The summed E-state index contributed by atoms with van der Waals surface area (Å²) in [5.74, 6) is 0.479. The van der Waals surface area contributed by atoms with E-state index in [-0.39, 0.29) is 18.4 Å². The Labute approximate surface area is 173 Å². The average Bonchev–Trinajstić information content (AvgIpc) is 3.41. The average molecular weight is 412 g/mol. The molecule has 0 fully saturated rings. The Bertz CT molecular complexity index is 1000. The molecule has 10 heteroatoms. The Hall–Kier alpha value is -3.43. The lowest BCUT2D eigenvalue weighted by Gasteiger charge is -2.22. The summed E-state index contributed by atoms with van der Waals surface area (Å²) in [5, 5.41) is 19.2. The molecule has 2 aromatic heterocycles. The van der Waals surface area contributed by atoms with Gasteiger partial charge < -0.3 is 19.6 Å².